The summed E-state index contributed by atoms with van der Waals surface area (Å²) >= 11 is 17.7. The maximum absolute atomic E-state index is 11.9. The van der Waals surface area contributed by atoms with Crippen LogP contribution in [0, 0.1) is 0 Å². The number of aromatic hydroxyl groups is 1. The minimum atomic E-state index is -0.502. The molecule has 0 radical (unpaired) electrons. The maximum Gasteiger partial charge on any atom is 0.277 e. The molecule has 2 aromatic rings. The van der Waals surface area contributed by atoms with Gasteiger partial charge in [-0.05, 0) is 32.0 Å². The molecule has 0 heterocycles. The highest BCUT2D eigenvalue weighted by atomic mass is 35.5. The SMILES string of the molecule is CCN(CC)c1ccc(C=NNC(=O)COc2cc(Cl)c(Cl)cc2Cl)c(O)c1. The quantitative estimate of drug-likeness (QED) is 0.351. The first-order valence-corrected chi connectivity index (χ1v) is 9.66. The van der Waals surface area contributed by atoms with E-state index >= 15 is 0 Å². The molecule has 0 bridgehead atoms. The first-order valence-electron chi connectivity index (χ1n) is 8.52. The molecule has 0 aliphatic rings. The second kappa shape index (κ2) is 10.4. The molecule has 2 rings (SSSR count). The fourth-order valence-electron chi connectivity index (χ4n) is 2.39. The molecule has 2 aromatic carbocycles. The third-order valence-corrected chi connectivity index (χ3v) is 4.89. The third kappa shape index (κ3) is 5.92. The van der Waals surface area contributed by atoms with Crippen LogP contribution in [0.3, 0.4) is 0 Å². The smallest absolute Gasteiger partial charge is 0.277 e. The van der Waals surface area contributed by atoms with Gasteiger partial charge in [0.25, 0.3) is 5.91 Å². The second-order valence-electron chi connectivity index (χ2n) is 5.69. The largest absolute Gasteiger partial charge is 0.507 e. The van der Waals surface area contributed by atoms with E-state index in [9.17, 15) is 9.90 Å². The lowest BCUT2D eigenvalue weighted by Crippen LogP contribution is -2.24. The van der Waals surface area contributed by atoms with Gasteiger partial charge in [0, 0.05) is 36.5 Å². The van der Waals surface area contributed by atoms with E-state index in [1.54, 1.807) is 12.1 Å². The number of hydrazone groups is 1. The van der Waals surface area contributed by atoms with Gasteiger partial charge in [0.1, 0.15) is 11.5 Å². The molecule has 2 N–H and O–H groups in total. The first kappa shape index (κ1) is 22.1. The molecule has 1 amide bonds. The second-order valence-corrected chi connectivity index (χ2v) is 6.92. The van der Waals surface area contributed by atoms with Gasteiger partial charge in [0.2, 0.25) is 0 Å². The van der Waals surface area contributed by atoms with Crippen molar-refractivity contribution in [2.24, 2.45) is 5.10 Å². The molecule has 0 saturated heterocycles. The van der Waals surface area contributed by atoms with Gasteiger partial charge < -0.3 is 14.7 Å². The van der Waals surface area contributed by atoms with Crippen LogP contribution in [0.25, 0.3) is 0 Å². The van der Waals surface area contributed by atoms with Crippen molar-refractivity contribution in [1.29, 1.82) is 0 Å². The van der Waals surface area contributed by atoms with Gasteiger partial charge in [0.15, 0.2) is 6.61 Å². The van der Waals surface area contributed by atoms with Gasteiger partial charge in [-0.1, -0.05) is 34.8 Å². The number of hydrogen-bond acceptors (Lipinski definition) is 5. The van der Waals surface area contributed by atoms with Crippen molar-refractivity contribution in [2.45, 2.75) is 13.8 Å². The van der Waals surface area contributed by atoms with Crippen LogP contribution in [-0.4, -0.2) is 36.9 Å². The van der Waals surface area contributed by atoms with E-state index in [4.69, 9.17) is 39.5 Å². The van der Waals surface area contributed by atoms with E-state index in [0.717, 1.165) is 18.8 Å². The molecular formula is C19H20Cl3N3O3. The number of benzene rings is 2. The Labute approximate surface area is 178 Å². The number of amides is 1. The molecule has 0 fully saturated rings. The zero-order valence-electron chi connectivity index (χ0n) is 15.4. The maximum atomic E-state index is 11.9. The number of carbonyl (C=O) groups excluding carboxylic acids is 1. The standard InChI is InChI=1S/C19H20Cl3N3O3/c1-3-25(4-2)13-6-5-12(17(26)7-13)10-23-24-19(27)11-28-18-9-15(21)14(20)8-16(18)22/h5-10,26H,3-4,11H2,1-2H3,(H,24,27). The number of nitrogens with one attached hydrogen (secondary N) is 1. The lowest BCUT2D eigenvalue weighted by Gasteiger charge is -2.21. The van der Waals surface area contributed by atoms with Crippen molar-refractivity contribution in [3.63, 3.8) is 0 Å². The summed E-state index contributed by atoms with van der Waals surface area (Å²) in [6.45, 7) is 5.43. The molecule has 0 saturated carbocycles. The molecule has 0 unspecified atom stereocenters. The van der Waals surface area contributed by atoms with Gasteiger partial charge in [-0.25, -0.2) is 5.43 Å². The zero-order chi connectivity index (χ0) is 20.7. The summed E-state index contributed by atoms with van der Waals surface area (Å²) in [4.78, 5) is 14.0. The highest BCUT2D eigenvalue weighted by Crippen LogP contribution is 2.33. The molecule has 6 nitrogen and oxygen atoms in total. The number of anilines is 1. The molecule has 0 atom stereocenters. The Hall–Kier alpha value is -2.15. The van der Waals surface area contributed by atoms with Crippen molar-refractivity contribution >= 4 is 52.6 Å². The van der Waals surface area contributed by atoms with Crippen LogP contribution in [0.4, 0.5) is 5.69 Å². The minimum Gasteiger partial charge on any atom is -0.507 e. The number of nitrogens with zero attached hydrogens (tertiary/aromatic N) is 2. The lowest BCUT2D eigenvalue weighted by molar-refractivity contribution is -0.123. The van der Waals surface area contributed by atoms with Crippen molar-refractivity contribution < 1.29 is 14.6 Å². The number of phenolic OH excluding ortho intramolecular Hbond substituents is 1. The number of hydrogen-bond donors (Lipinski definition) is 2. The Morgan fingerprint density at radius 1 is 1.14 bits per heavy atom. The molecule has 0 aliphatic carbocycles. The summed E-state index contributed by atoms with van der Waals surface area (Å²) in [6, 6.07) is 8.13. The van der Waals surface area contributed by atoms with Gasteiger partial charge in [0.05, 0.1) is 21.3 Å². The highest BCUT2D eigenvalue weighted by molar-refractivity contribution is 6.43. The van der Waals surface area contributed by atoms with Crippen LogP contribution >= 0.6 is 34.8 Å². The Balaban J connectivity index is 1.92. The lowest BCUT2D eigenvalue weighted by atomic mass is 10.2. The van der Waals surface area contributed by atoms with E-state index in [2.05, 4.69) is 15.4 Å². The molecule has 150 valence electrons. The zero-order valence-corrected chi connectivity index (χ0v) is 17.6. The summed E-state index contributed by atoms with van der Waals surface area (Å²) in [5.41, 5.74) is 3.70. The van der Waals surface area contributed by atoms with Crippen molar-refractivity contribution in [3.8, 4) is 11.5 Å². The number of ether oxygens (including phenoxy) is 1. The van der Waals surface area contributed by atoms with Crippen LogP contribution in [0.1, 0.15) is 19.4 Å². The summed E-state index contributed by atoms with van der Waals surface area (Å²) in [5.74, 6) is -0.196. The predicted octanol–water partition coefficient (Wildman–Crippen LogP) is 4.73. The molecule has 0 aliphatic heterocycles. The van der Waals surface area contributed by atoms with E-state index < -0.39 is 5.91 Å². The summed E-state index contributed by atoms with van der Waals surface area (Å²) in [7, 11) is 0. The van der Waals surface area contributed by atoms with Crippen LogP contribution in [-0.2, 0) is 4.79 Å². The number of halogens is 3. The number of phenols is 1. The fraction of sp³-hybridized carbons (Fsp3) is 0.263. The van der Waals surface area contributed by atoms with Crippen LogP contribution in [0.5, 0.6) is 11.5 Å². The highest BCUT2D eigenvalue weighted by Gasteiger charge is 2.09. The minimum absolute atomic E-state index is 0.0706. The van der Waals surface area contributed by atoms with E-state index in [-0.39, 0.29) is 28.2 Å². The van der Waals surface area contributed by atoms with Crippen molar-refractivity contribution in [2.75, 3.05) is 24.6 Å². The average Bonchev–Trinajstić information content (AvgIpc) is 2.66. The van der Waals surface area contributed by atoms with E-state index in [1.165, 1.54) is 18.3 Å². The van der Waals surface area contributed by atoms with Gasteiger partial charge in [-0.15, -0.1) is 0 Å². The topological polar surface area (TPSA) is 74.2 Å². The Bertz CT molecular complexity index is 871. The molecular weight excluding hydrogens is 425 g/mol. The van der Waals surface area contributed by atoms with Crippen LogP contribution < -0.4 is 15.1 Å². The number of carbonyl (C=O) groups is 1. The van der Waals surface area contributed by atoms with Gasteiger partial charge in [-0.3, -0.25) is 4.79 Å². The molecule has 9 heteroatoms. The van der Waals surface area contributed by atoms with Crippen LogP contribution in [0.15, 0.2) is 35.4 Å². The number of rotatable bonds is 8. The average molecular weight is 445 g/mol. The van der Waals surface area contributed by atoms with Crippen molar-refractivity contribution in [3.05, 3.63) is 51.0 Å². The van der Waals surface area contributed by atoms with Gasteiger partial charge in [-0.2, -0.15) is 5.10 Å². The summed E-state index contributed by atoms with van der Waals surface area (Å²) < 4.78 is 5.31. The summed E-state index contributed by atoms with van der Waals surface area (Å²) in [5, 5.41) is 14.8. The molecule has 0 aromatic heterocycles. The normalized spacial score (nSPS) is 10.9. The Kier molecular flexibility index (Phi) is 8.23. The van der Waals surface area contributed by atoms with Crippen LogP contribution in [0.2, 0.25) is 15.1 Å². The molecule has 28 heavy (non-hydrogen) atoms. The van der Waals surface area contributed by atoms with E-state index in [1.807, 2.05) is 19.9 Å². The third-order valence-electron chi connectivity index (χ3n) is 3.87. The fourth-order valence-corrected chi connectivity index (χ4v) is 2.98. The first-order chi connectivity index (χ1) is 13.3. The predicted molar refractivity (Wildman–Crippen MR) is 114 cm³/mol. The molecule has 0 spiro atoms. The Morgan fingerprint density at radius 2 is 1.82 bits per heavy atom. The monoisotopic (exact) mass is 443 g/mol. The van der Waals surface area contributed by atoms with E-state index in [0.29, 0.717) is 10.6 Å². The Morgan fingerprint density at radius 3 is 2.46 bits per heavy atom. The van der Waals surface area contributed by atoms with Crippen molar-refractivity contribution in [1.82, 2.24) is 5.43 Å². The van der Waals surface area contributed by atoms with Gasteiger partial charge >= 0.3 is 0 Å². The summed E-state index contributed by atoms with van der Waals surface area (Å²) in [6.07, 6.45) is 1.35.